The molecule has 0 spiro atoms. The molecule has 1 aliphatic rings. The third-order valence-corrected chi connectivity index (χ3v) is 4.29. The molecule has 1 saturated heterocycles. The molecule has 1 aromatic heterocycles. The average Bonchev–Trinajstić information content (AvgIpc) is 3.16. The van der Waals surface area contributed by atoms with Gasteiger partial charge in [-0.2, -0.15) is 0 Å². The zero-order valence-corrected chi connectivity index (χ0v) is 15.0. The predicted octanol–water partition coefficient (Wildman–Crippen LogP) is 0.867. The minimum atomic E-state index is -0.419. The molecule has 1 N–H and O–H groups in total. The second kappa shape index (κ2) is 9.30. The van der Waals surface area contributed by atoms with Crippen LogP contribution in [0.15, 0.2) is 36.5 Å². The second-order valence-electron chi connectivity index (χ2n) is 6.21. The Labute approximate surface area is 153 Å². The number of carbonyl (C=O) groups is 1. The lowest BCUT2D eigenvalue weighted by Gasteiger charge is -2.26. The van der Waals surface area contributed by atoms with Gasteiger partial charge in [0.2, 0.25) is 5.91 Å². The molecule has 0 aliphatic carbocycles. The van der Waals surface area contributed by atoms with E-state index in [2.05, 4.69) is 20.5 Å². The van der Waals surface area contributed by atoms with Gasteiger partial charge in [0, 0.05) is 26.2 Å². The number of aromatic nitrogens is 3. The van der Waals surface area contributed by atoms with E-state index in [1.165, 1.54) is 0 Å². The van der Waals surface area contributed by atoms with Gasteiger partial charge in [-0.3, -0.25) is 9.69 Å². The number of hydrogen-bond acceptors (Lipinski definition) is 6. The number of amides is 1. The van der Waals surface area contributed by atoms with Crippen LogP contribution in [0.4, 0.5) is 0 Å². The van der Waals surface area contributed by atoms with Crippen LogP contribution in [0.25, 0.3) is 0 Å². The molecule has 0 radical (unpaired) electrons. The highest BCUT2D eigenvalue weighted by atomic mass is 16.5. The van der Waals surface area contributed by atoms with Crippen molar-refractivity contribution < 1.29 is 14.3 Å². The van der Waals surface area contributed by atoms with E-state index in [1.807, 2.05) is 30.3 Å². The molecule has 2 heterocycles. The van der Waals surface area contributed by atoms with Crippen molar-refractivity contribution in [2.24, 2.45) is 0 Å². The molecule has 1 aliphatic heterocycles. The summed E-state index contributed by atoms with van der Waals surface area (Å²) in [4.78, 5) is 14.6. The lowest BCUT2D eigenvalue weighted by molar-refractivity contribution is -0.124. The number of rotatable bonds is 8. The molecular weight excluding hydrogens is 334 g/mol. The normalized spacial score (nSPS) is 16.2. The highest BCUT2D eigenvalue weighted by Gasteiger charge is 2.17. The average molecular weight is 359 g/mol. The Morgan fingerprint density at radius 2 is 2.08 bits per heavy atom. The van der Waals surface area contributed by atoms with Crippen molar-refractivity contribution >= 4 is 5.91 Å². The molecule has 3 rings (SSSR count). The summed E-state index contributed by atoms with van der Waals surface area (Å²) in [7, 11) is 0. The molecule has 1 amide bonds. The maximum Gasteiger partial charge on any atom is 0.244 e. The summed E-state index contributed by atoms with van der Waals surface area (Å²) in [5.74, 6) is 0.703. The Balaban J connectivity index is 1.42. The van der Waals surface area contributed by atoms with E-state index in [4.69, 9.17) is 9.47 Å². The SMILES string of the molecule is C[C@@H](C(=O)NCCN1CCOCC1)n1cc(COc2ccccc2)nn1. The fraction of sp³-hybridized carbons (Fsp3) is 0.500. The van der Waals surface area contributed by atoms with E-state index >= 15 is 0 Å². The number of ether oxygens (including phenoxy) is 2. The van der Waals surface area contributed by atoms with Crippen molar-refractivity contribution in [2.75, 3.05) is 39.4 Å². The number of carbonyl (C=O) groups excluding carboxylic acids is 1. The van der Waals surface area contributed by atoms with Gasteiger partial charge in [-0.15, -0.1) is 5.10 Å². The van der Waals surface area contributed by atoms with Gasteiger partial charge in [-0.25, -0.2) is 4.68 Å². The summed E-state index contributed by atoms with van der Waals surface area (Å²) in [6.07, 6.45) is 1.75. The van der Waals surface area contributed by atoms with Gasteiger partial charge in [0.05, 0.1) is 19.4 Å². The summed E-state index contributed by atoms with van der Waals surface area (Å²) < 4.78 is 12.5. The maximum absolute atomic E-state index is 12.3. The molecule has 1 fully saturated rings. The van der Waals surface area contributed by atoms with E-state index in [0.29, 0.717) is 18.8 Å². The number of benzene rings is 1. The summed E-state index contributed by atoms with van der Waals surface area (Å²) in [5, 5.41) is 11.1. The Morgan fingerprint density at radius 3 is 2.85 bits per heavy atom. The predicted molar refractivity (Wildman–Crippen MR) is 95.8 cm³/mol. The van der Waals surface area contributed by atoms with Crippen LogP contribution in [0.5, 0.6) is 5.75 Å². The van der Waals surface area contributed by atoms with Gasteiger partial charge in [-0.1, -0.05) is 23.4 Å². The van der Waals surface area contributed by atoms with Crippen molar-refractivity contribution in [2.45, 2.75) is 19.6 Å². The number of para-hydroxylation sites is 1. The highest BCUT2D eigenvalue weighted by molar-refractivity contribution is 5.79. The molecule has 0 bridgehead atoms. The van der Waals surface area contributed by atoms with Gasteiger partial charge in [-0.05, 0) is 19.1 Å². The van der Waals surface area contributed by atoms with E-state index in [-0.39, 0.29) is 5.91 Å². The summed E-state index contributed by atoms with van der Waals surface area (Å²) in [5.41, 5.74) is 0.682. The van der Waals surface area contributed by atoms with Gasteiger partial charge < -0.3 is 14.8 Å². The second-order valence-corrected chi connectivity index (χ2v) is 6.21. The first kappa shape index (κ1) is 18.3. The smallest absolute Gasteiger partial charge is 0.244 e. The molecule has 140 valence electrons. The molecule has 0 unspecified atom stereocenters. The van der Waals surface area contributed by atoms with Gasteiger partial charge >= 0.3 is 0 Å². The fourth-order valence-corrected chi connectivity index (χ4v) is 2.67. The van der Waals surface area contributed by atoms with Gasteiger partial charge in [0.1, 0.15) is 24.1 Å². The third kappa shape index (κ3) is 5.27. The van der Waals surface area contributed by atoms with Crippen molar-refractivity contribution in [3.05, 3.63) is 42.2 Å². The van der Waals surface area contributed by atoms with Gasteiger partial charge in [0.25, 0.3) is 0 Å². The van der Waals surface area contributed by atoms with Crippen molar-refractivity contribution in [1.29, 1.82) is 0 Å². The first-order valence-corrected chi connectivity index (χ1v) is 8.89. The topological polar surface area (TPSA) is 81.5 Å². The third-order valence-electron chi connectivity index (χ3n) is 4.29. The molecular formula is C18H25N5O3. The van der Waals surface area contributed by atoms with Crippen LogP contribution in [-0.2, 0) is 16.1 Å². The zero-order valence-electron chi connectivity index (χ0n) is 15.0. The Hall–Kier alpha value is -2.45. The summed E-state index contributed by atoms with van der Waals surface area (Å²) in [6, 6.07) is 9.11. The molecule has 26 heavy (non-hydrogen) atoms. The van der Waals surface area contributed by atoms with Crippen molar-refractivity contribution in [3.8, 4) is 5.75 Å². The molecule has 0 saturated carbocycles. The highest BCUT2D eigenvalue weighted by Crippen LogP contribution is 2.11. The number of hydrogen-bond donors (Lipinski definition) is 1. The number of nitrogens with zero attached hydrogens (tertiary/aromatic N) is 4. The van der Waals surface area contributed by atoms with Crippen LogP contribution in [0.1, 0.15) is 18.7 Å². The lowest BCUT2D eigenvalue weighted by Crippen LogP contribution is -2.42. The standard InChI is InChI=1S/C18H25N5O3/c1-15(18(24)19-7-8-22-9-11-25-12-10-22)23-13-16(20-21-23)14-26-17-5-3-2-4-6-17/h2-6,13,15H,7-12,14H2,1H3,(H,19,24)/t15-/m0/s1. The van der Waals surface area contributed by atoms with Crippen LogP contribution in [0, 0.1) is 0 Å². The number of nitrogens with one attached hydrogen (secondary N) is 1. The largest absolute Gasteiger partial charge is 0.487 e. The minimum absolute atomic E-state index is 0.0707. The van der Waals surface area contributed by atoms with E-state index in [0.717, 1.165) is 38.6 Å². The van der Waals surface area contributed by atoms with Crippen molar-refractivity contribution in [3.63, 3.8) is 0 Å². The Kier molecular flexibility index (Phi) is 6.56. The number of morpholine rings is 1. The first-order chi connectivity index (χ1) is 12.7. The molecule has 8 heteroatoms. The van der Waals surface area contributed by atoms with Crippen LogP contribution >= 0.6 is 0 Å². The molecule has 1 atom stereocenters. The zero-order chi connectivity index (χ0) is 18.2. The Bertz CT molecular complexity index is 685. The summed E-state index contributed by atoms with van der Waals surface area (Å²) in [6.45, 7) is 6.92. The Morgan fingerprint density at radius 1 is 1.31 bits per heavy atom. The minimum Gasteiger partial charge on any atom is -0.487 e. The maximum atomic E-state index is 12.3. The van der Waals surface area contributed by atoms with Gasteiger partial charge in [0.15, 0.2) is 0 Å². The van der Waals surface area contributed by atoms with E-state index < -0.39 is 6.04 Å². The van der Waals surface area contributed by atoms with Crippen molar-refractivity contribution in [1.82, 2.24) is 25.2 Å². The first-order valence-electron chi connectivity index (χ1n) is 8.89. The van der Waals surface area contributed by atoms with Crippen LogP contribution in [0.2, 0.25) is 0 Å². The molecule has 1 aromatic carbocycles. The monoisotopic (exact) mass is 359 g/mol. The quantitative estimate of drug-likeness (QED) is 0.753. The van der Waals surface area contributed by atoms with Crippen LogP contribution in [0.3, 0.4) is 0 Å². The van der Waals surface area contributed by atoms with Crippen LogP contribution in [-0.4, -0.2) is 65.2 Å². The van der Waals surface area contributed by atoms with Crippen LogP contribution < -0.4 is 10.1 Å². The summed E-state index contributed by atoms with van der Waals surface area (Å²) >= 11 is 0. The molecule has 2 aromatic rings. The molecule has 8 nitrogen and oxygen atoms in total. The van der Waals surface area contributed by atoms with E-state index in [9.17, 15) is 4.79 Å². The lowest BCUT2D eigenvalue weighted by atomic mass is 10.3. The fourth-order valence-electron chi connectivity index (χ4n) is 2.67. The van der Waals surface area contributed by atoms with E-state index in [1.54, 1.807) is 17.8 Å².